The van der Waals surface area contributed by atoms with Crippen LogP contribution in [0.5, 0.6) is 0 Å². The summed E-state index contributed by atoms with van der Waals surface area (Å²) in [5, 5.41) is 0. The molecule has 100 valence electrons. The van der Waals surface area contributed by atoms with Gasteiger partial charge in [0.25, 0.3) is 0 Å². The Labute approximate surface area is 111 Å². The summed E-state index contributed by atoms with van der Waals surface area (Å²) in [6.45, 7) is 0.926. The van der Waals surface area contributed by atoms with Crippen molar-refractivity contribution in [3.05, 3.63) is 16.9 Å². The van der Waals surface area contributed by atoms with E-state index in [2.05, 4.69) is 25.9 Å². The molecule has 1 aromatic heterocycles. The quantitative estimate of drug-likeness (QED) is 0.832. The number of piperazine rings is 1. The van der Waals surface area contributed by atoms with E-state index in [1.54, 1.807) is 12.4 Å². The molecule has 1 aromatic rings. The molecule has 18 heavy (non-hydrogen) atoms. The molecule has 8 heteroatoms. The summed E-state index contributed by atoms with van der Waals surface area (Å²) in [5.74, 6) is 0.560. The molecule has 0 radical (unpaired) electrons. The average molecular weight is 325 g/mol. The van der Waals surface area contributed by atoms with Gasteiger partial charge in [0.1, 0.15) is 0 Å². The van der Waals surface area contributed by atoms with Crippen LogP contribution in [0.3, 0.4) is 0 Å². The number of anilines is 1. The van der Waals surface area contributed by atoms with E-state index in [1.165, 1.54) is 4.90 Å². The summed E-state index contributed by atoms with van der Waals surface area (Å²) in [6, 6.07) is 0. The Morgan fingerprint density at radius 2 is 1.67 bits per heavy atom. The number of halogens is 4. The van der Waals surface area contributed by atoms with E-state index in [-0.39, 0.29) is 0 Å². The van der Waals surface area contributed by atoms with Crippen molar-refractivity contribution in [1.29, 1.82) is 0 Å². The molecular formula is C10H12BrF3N4. The lowest BCUT2D eigenvalue weighted by Gasteiger charge is -2.34. The van der Waals surface area contributed by atoms with Gasteiger partial charge in [0.05, 0.1) is 11.0 Å². The maximum Gasteiger partial charge on any atom is 0.401 e. The van der Waals surface area contributed by atoms with E-state index >= 15 is 0 Å². The van der Waals surface area contributed by atoms with Crippen LogP contribution in [0.4, 0.5) is 19.1 Å². The lowest BCUT2D eigenvalue weighted by molar-refractivity contribution is -0.146. The van der Waals surface area contributed by atoms with E-state index in [1.807, 2.05) is 4.90 Å². The highest BCUT2D eigenvalue weighted by molar-refractivity contribution is 9.10. The molecule has 0 spiro atoms. The normalized spacial score (nSPS) is 18.1. The number of hydrogen-bond donors (Lipinski definition) is 0. The van der Waals surface area contributed by atoms with Gasteiger partial charge >= 0.3 is 6.18 Å². The minimum Gasteiger partial charge on any atom is -0.338 e. The van der Waals surface area contributed by atoms with Crippen molar-refractivity contribution < 1.29 is 13.2 Å². The van der Waals surface area contributed by atoms with Crippen molar-refractivity contribution in [1.82, 2.24) is 14.9 Å². The van der Waals surface area contributed by atoms with Crippen molar-refractivity contribution in [3.8, 4) is 0 Å². The third-order valence-electron chi connectivity index (χ3n) is 2.66. The van der Waals surface area contributed by atoms with Gasteiger partial charge in [-0.05, 0) is 15.9 Å². The maximum absolute atomic E-state index is 12.2. The highest BCUT2D eigenvalue weighted by atomic mass is 79.9. The van der Waals surface area contributed by atoms with Crippen LogP contribution in [0, 0.1) is 0 Å². The van der Waals surface area contributed by atoms with Crippen molar-refractivity contribution in [3.63, 3.8) is 0 Å². The largest absolute Gasteiger partial charge is 0.401 e. The van der Waals surface area contributed by atoms with Crippen LogP contribution in [0.15, 0.2) is 16.9 Å². The Balaban J connectivity index is 1.88. The van der Waals surface area contributed by atoms with E-state index in [9.17, 15) is 13.2 Å². The first kappa shape index (κ1) is 13.5. The first-order valence-corrected chi connectivity index (χ1v) is 6.25. The SMILES string of the molecule is FC(F)(F)CN1CCN(c2ncc(Br)cn2)CC1. The molecule has 0 N–H and O–H groups in total. The maximum atomic E-state index is 12.2. The zero-order chi connectivity index (χ0) is 13.2. The number of rotatable bonds is 2. The third-order valence-corrected chi connectivity index (χ3v) is 3.07. The van der Waals surface area contributed by atoms with Crippen LogP contribution < -0.4 is 4.90 Å². The van der Waals surface area contributed by atoms with Crippen LogP contribution in [0.1, 0.15) is 0 Å². The van der Waals surface area contributed by atoms with Gasteiger partial charge in [0.2, 0.25) is 5.95 Å². The Hall–Kier alpha value is -0.890. The monoisotopic (exact) mass is 324 g/mol. The van der Waals surface area contributed by atoms with E-state index in [4.69, 9.17) is 0 Å². The summed E-state index contributed by atoms with van der Waals surface area (Å²) < 4.78 is 37.4. The van der Waals surface area contributed by atoms with Crippen LogP contribution >= 0.6 is 15.9 Å². The van der Waals surface area contributed by atoms with E-state index in [0.717, 1.165) is 4.47 Å². The number of aromatic nitrogens is 2. The molecule has 2 heterocycles. The molecule has 0 aromatic carbocycles. The van der Waals surface area contributed by atoms with Gasteiger partial charge in [-0.3, -0.25) is 4.90 Å². The summed E-state index contributed by atoms with van der Waals surface area (Å²) in [6.07, 6.45) is -0.870. The number of hydrogen-bond acceptors (Lipinski definition) is 4. The van der Waals surface area contributed by atoms with Crippen LogP contribution in [0.2, 0.25) is 0 Å². The molecule has 1 fully saturated rings. The molecule has 1 aliphatic heterocycles. The van der Waals surface area contributed by atoms with Gasteiger partial charge in [-0.2, -0.15) is 13.2 Å². The molecule has 0 amide bonds. The molecule has 1 aliphatic rings. The predicted octanol–water partition coefficient (Wildman–Crippen LogP) is 1.92. The standard InChI is InChI=1S/C10H12BrF3N4/c11-8-5-15-9(16-6-8)18-3-1-17(2-4-18)7-10(12,13)14/h5-6H,1-4,7H2. The van der Waals surface area contributed by atoms with E-state index in [0.29, 0.717) is 32.1 Å². The molecule has 4 nitrogen and oxygen atoms in total. The van der Waals surface area contributed by atoms with Crippen LogP contribution in [-0.2, 0) is 0 Å². The summed E-state index contributed by atoms with van der Waals surface area (Å²) in [4.78, 5) is 11.5. The summed E-state index contributed by atoms with van der Waals surface area (Å²) in [5.41, 5.74) is 0. The highest BCUT2D eigenvalue weighted by Crippen LogP contribution is 2.19. The highest BCUT2D eigenvalue weighted by Gasteiger charge is 2.32. The molecule has 0 saturated carbocycles. The molecule has 0 atom stereocenters. The number of alkyl halides is 3. The topological polar surface area (TPSA) is 32.3 Å². The van der Waals surface area contributed by atoms with E-state index < -0.39 is 12.7 Å². The Kier molecular flexibility index (Phi) is 4.06. The molecule has 0 unspecified atom stereocenters. The zero-order valence-corrected chi connectivity index (χ0v) is 11.1. The second-order valence-corrected chi connectivity index (χ2v) is 5.00. The minimum absolute atomic E-state index is 0.374. The van der Waals surface area contributed by atoms with Crippen molar-refractivity contribution in [2.45, 2.75) is 6.18 Å². The predicted molar refractivity (Wildman–Crippen MR) is 64.4 cm³/mol. The first-order chi connectivity index (χ1) is 8.44. The van der Waals surface area contributed by atoms with Gasteiger partial charge in [-0.1, -0.05) is 0 Å². The average Bonchev–Trinajstić information content (AvgIpc) is 2.29. The van der Waals surface area contributed by atoms with Gasteiger partial charge in [-0.25, -0.2) is 9.97 Å². The summed E-state index contributed by atoms with van der Waals surface area (Å²) in [7, 11) is 0. The van der Waals surface area contributed by atoms with Gasteiger partial charge in [0, 0.05) is 38.6 Å². The van der Waals surface area contributed by atoms with Gasteiger partial charge < -0.3 is 4.90 Å². The molecular weight excluding hydrogens is 313 g/mol. The summed E-state index contributed by atoms with van der Waals surface area (Å²) >= 11 is 3.24. The van der Waals surface area contributed by atoms with Crippen LogP contribution in [0.25, 0.3) is 0 Å². The lowest BCUT2D eigenvalue weighted by atomic mass is 10.3. The second-order valence-electron chi connectivity index (χ2n) is 4.08. The number of nitrogens with zero attached hydrogens (tertiary/aromatic N) is 4. The Morgan fingerprint density at radius 1 is 1.11 bits per heavy atom. The smallest absolute Gasteiger partial charge is 0.338 e. The fourth-order valence-electron chi connectivity index (χ4n) is 1.83. The van der Waals surface area contributed by atoms with Gasteiger partial charge in [0.15, 0.2) is 0 Å². The fraction of sp³-hybridized carbons (Fsp3) is 0.600. The van der Waals surface area contributed by atoms with Crippen molar-refractivity contribution >= 4 is 21.9 Å². The molecule has 2 rings (SSSR count). The minimum atomic E-state index is -4.13. The zero-order valence-electron chi connectivity index (χ0n) is 9.49. The second kappa shape index (κ2) is 5.40. The Morgan fingerprint density at radius 3 is 2.17 bits per heavy atom. The first-order valence-electron chi connectivity index (χ1n) is 5.46. The third kappa shape index (κ3) is 3.81. The Bertz CT molecular complexity index is 387. The molecule has 0 aliphatic carbocycles. The molecule has 0 bridgehead atoms. The van der Waals surface area contributed by atoms with Crippen molar-refractivity contribution in [2.24, 2.45) is 0 Å². The lowest BCUT2D eigenvalue weighted by Crippen LogP contribution is -2.49. The van der Waals surface area contributed by atoms with Gasteiger partial charge in [-0.15, -0.1) is 0 Å². The molecule has 1 saturated heterocycles. The fourth-order valence-corrected chi connectivity index (χ4v) is 2.03. The van der Waals surface area contributed by atoms with Crippen molar-refractivity contribution in [2.75, 3.05) is 37.6 Å². The van der Waals surface area contributed by atoms with Crippen LogP contribution in [-0.4, -0.2) is 53.8 Å².